The monoisotopic (exact) mass is 834 g/mol. The van der Waals surface area contributed by atoms with Gasteiger partial charge in [0.1, 0.15) is 6.10 Å². The van der Waals surface area contributed by atoms with Gasteiger partial charge in [0, 0.05) is 6.42 Å². The first-order chi connectivity index (χ1) is 29.0. The molecule has 3 atom stereocenters. The zero-order valence-corrected chi connectivity index (χ0v) is 39.9. The summed E-state index contributed by atoms with van der Waals surface area (Å²) in [4.78, 5) is 26.1. The predicted octanol–water partition coefficient (Wildman–Crippen LogP) is 15.7. The molecule has 0 aliphatic rings. The Hall–Kier alpha value is -1.40. The van der Waals surface area contributed by atoms with Gasteiger partial charge in [-0.25, -0.2) is 0 Å². The van der Waals surface area contributed by atoms with E-state index in [1.54, 1.807) is 0 Å². The van der Waals surface area contributed by atoms with Crippen LogP contribution in [-0.4, -0.2) is 46.9 Å². The zero-order valence-electron chi connectivity index (χ0n) is 39.9. The van der Waals surface area contributed by atoms with Crippen LogP contribution in [0.5, 0.6) is 0 Å². The average molecular weight is 834 g/mol. The molecule has 350 valence electrons. The standard InChI is InChI=1S/C53H103NO5/c1-4-7-10-13-16-19-22-24-25-26-28-31-34-37-40-43-46-53(58)59-49(44-41-38-35-32-30-27-23-20-17-14-11-8-5-2)47-52(57)54-50(48-55)51(56)45-42-39-36-33-29-21-18-15-12-9-6-3/h20,23,49-51,55-56H,4-19,21-22,24-48H2,1-3H3,(H,54,57)/b23-20-. The Morgan fingerprint density at radius 2 is 0.814 bits per heavy atom. The average Bonchev–Trinajstić information content (AvgIpc) is 3.23. The summed E-state index contributed by atoms with van der Waals surface area (Å²) in [5.41, 5.74) is 0. The number of allylic oxidation sites excluding steroid dienone is 2. The Morgan fingerprint density at radius 3 is 1.22 bits per heavy atom. The maximum Gasteiger partial charge on any atom is 0.306 e. The molecule has 0 aliphatic carbocycles. The third kappa shape index (κ3) is 43.1. The van der Waals surface area contributed by atoms with Crippen LogP contribution in [0.4, 0.5) is 0 Å². The summed E-state index contributed by atoms with van der Waals surface area (Å²) < 4.78 is 5.94. The van der Waals surface area contributed by atoms with E-state index < -0.39 is 18.2 Å². The van der Waals surface area contributed by atoms with Crippen LogP contribution in [0.25, 0.3) is 0 Å². The summed E-state index contributed by atoms with van der Waals surface area (Å²) in [6.45, 7) is 6.49. The number of hydrogen-bond donors (Lipinski definition) is 3. The molecule has 0 rings (SSSR count). The minimum absolute atomic E-state index is 0.0788. The lowest BCUT2D eigenvalue weighted by molar-refractivity contribution is -0.151. The summed E-state index contributed by atoms with van der Waals surface area (Å²) in [6.07, 6.45) is 52.7. The number of ether oxygens (including phenoxy) is 1. The highest BCUT2D eigenvalue weighted by Gasteiger charge is 2.24. The predicted molar refractivity (Wildman–Crippen MR) is 255 cm³/mol. The molecule has 0 saturated carbocycles. The van der Waals surface area contributed by atoms with Gasteiger partial charge in [0.15, 0.2) is 0 Å². The number of carbonyl (C=O) groups is 2. The van der Waals surface area contributed by atoms with Gasteiger partial charge in [-0.2, -0.15) is 0 Å². The normalized spacial score (nSPS) is 13.2. The molecule has 0 spiro atoms. The zero-order chi connectivity index (χ0) is 43.1. The molecule has 1 amide bonds. The van der Waals surface area contributed by atoms with Gasteiger partial charge in [-0.1, -0.05) is 238 Å². The molecule has 0 aromatic heterocycles. The van der Waals surface area contributed by atoms with Crippen molar-refractivity contribution in [3.63, 3.8) is 0 Å². The fourth-order valence-electron chi connectivity index (χ4n) is 8.31. The number of nitrogens with one attached hydrogen (secondary N) is 1. The van der Waals surface area contributed by atoms with Crippen LogP contribution in [0.15, 0.2) is 12.2 Å². The Morgan fingerprint density at radius 1 is 0.475 bits per heavy atom. The van der Waals surface area contributed by atoms with E-state index in [9.17, 15) is 19.8 Å². The van der Waals surface area contributed by atoms with E-state index in [1.165, 1.54) is 186 Å². The van der Waals surface area contributed by atoms with E-state index in [-0.39, 0.29) is 24.9 Å². The highest BCUT2D eigenvalue weighted by Crippen LogP contribution is 2.18. The number of hydrogen-bond acceptors (Lipinski definition) is 5. The van der Waals surface area contributed by atoms with Gasteiger partial charge in [-0.3, -0.25) is 9.59 Å². The molecule has 3 N–H and O–H groups in total. The second-order valence-corrected chi connectivity index (χ2v) is 18.3. The first-order valence-electron chi connectivity index (χ1n) is 26.4. The van der Waals surface area contributed by atoms with Crippen molar-refractivity contribution in [1.82, 2.24) is 5.32 Å². The number of aliphatic hydroxyl groups is 2. The second kappa shape index (κ2) is 47.6. The number of aliphatic hydroxyl groups excluding tert-OH is 2. The molecule has 0 aliphatic heterocycles. The molecule has 3 unspecified atom stereocenters. The van der Waals surface area contributed by atoms with Crippen LogP contribution in [0, 0.1) is 0 Å². The van der Waals surface area contributed by atoms with E-state index in [1.807, 2.05) is 0 Å². The second-order valence-electron chi connectivity index (χ2n) is 18.3. The largest absolute Gasteiger partial charge is 0.462 e. The highest BCUT2D eigenvalue weighted by molar-refractivity contribution is 5.77. The first-order valence-corrected chi connectivity index (χ1v) is 26.4. The number of esters is 1. The van der Waals surface area contributed by atoms with Crippen LogP contribution in [0.3, 0.4) is 0 Å². The van der Waals surface area contributed by atoms with Gasteiger partial charge in [0.25, 0.3) is 0 Å². The van der Waals surface area contributed by atoms with Crippen molar-refractivity contribution in [3.05, 3.63) is 12.2 Å². The first kappa shape index (κ1) is 57.6. The van der Waals surface area contributed by atoms with Crippen LogP contribution >= 0.6 is 0 Å². The lowest BCUT2D eigenvalue weighted by atomic mass is 10.0. The van der Waals surface area contributed by atoms with Crippen LogP contribution in [0.1, 0.15) is 290 Å². The number of carbonyl (C=O) groups excluding carboxylic acids is 2. The van der Waals surface area contributed by atoms with Gasteiger partial charge in [-0.05, 0) is 51.4 Å². The molecule has 0 aromatic carbocycles. The number of unbranched alkanes of at least 4 members (excludes halogenated alkanes) is 34. The third-order valence-corrected chi connectivity index (χ3v) is 12.3. The molecule has 0 radical (unpaired) electrons. The molecule has 6 heteroatoms. The minimum atomic E-state index is -0.783. The fourth-order valence-corrected chi connectivity index (χ4v) is 8.31. The smallest absolute Gasteiger partial charge is 0.306 e. The quantitative estimate of drug-likeness (QED) is 0.0322. The van der Waals surface area contributed by atoms with Crippen molar-refractivity contribution in [2.24, 2.45) is 0 Å². The summed E-state index contributed by atoms with van der Waals surface area (Å²) in [5.74, 6) is -0.464. The molecule has 0 saturated heterocycles. The van der Waals surface area contributed by atoms with Gasteiger partial charge in [0.05, 0.1) is 25.2 Å². The van der Waals surface area contributed by atoms with Crippen molar-refractivity contribution in [2.45, 2.75) is 309 Å². The summed E-state index contributed by atoms with van der Waals surface area (Å²) >= 11 is 0. The van der Waals surface area contributed by atoms with Crippen LogP contribution in [-0.2, 0) is 14.3 Å². The maximum absolute atomic E-state index is 13.2. The topological polar surface area (TPSA) is 95.9 Å². The van der Waals surface area contributed by atoms with E-state index in [4.69, 9.17) is 4.74 Å². The molecule has 59 heavy (non-hydrogen) atoms. The Labute approximate surface area is 368 Å². The lowest BCUT2D eigenvalue weighted by Crippen LogP contribution is -2.46. The van der Waals surface area contributed by atoms with E-state index in [2.05, 4.69) is 38.2 Å². The third-order valence-electron chi connectivity index (χ3n) is 12.3. The van der Waals surface area contributed by atoms with Crippen molar-refractivity contribution in [2.75, 3.05) is 6.61 Å². The van der Waals surface area contributed by atoms with Gasteiger partial charge >= 0.3 is 5.97 Å². The minimum Gasteiger partial charge on any atom is -0.462 e. The van der Waals surface area contributed by atoms with E-state index in [0.29, 0.717) is 19.3 Å². The fraction of sp³-hybridized carbons (Fsp3) is 0.925. The number of amides is 1. The highest BCUT2D eigenvalue weighted by atomic mass is 16.5. The molecule has 0 heterocycles. The molecular formula is C53H103NO5. The number of rotatable bonds is 48. The van der Waals surface area contributed by atoms with Crippen molar-refractivity contribution in [3.8, 4) is 0 Å². The van der Waals surface area contributed by atoms with Crippen molar-refractivity contribution < 1.29 is 24.5 Å². The molecule has 6 nitrogen and oxygen atoms in total. The van der Waals surface area contributed by atoms with Gasteiger partial charge in [-0.15, -0.1) is 0 Å². The Balaban J connectivity index is 4.52. The molecule has 0 bridgehead atoms. The van der Waals surface area contributed by atoms with Gasteiger partial charge in [0.2, 0.25) is 5.91 Å². The maximum atomic E-state index is 13.2. The van der Waals surface area contributed by atoms with E-state index >= 15 is 0 Å². The summed E-state index contributed by atoms with van der Waals surface area (Å²) in [7, 11) is 0. The van der Waals surface area contributed by atoms with Crippen molar-refractivity contribution >= 4 is 11.9 Å². The van der Waals surface area contributed by atoms with Crippen LogP contribution in [0.2, 0.25) is 0 Å². The van der Waals surface area contributed by atoms with Gasteiger partial charge < -0.3 is 20.3 Å². The Kier molecular flexibility index (Phi) is 46.5. The van der Waals surface area contributed by atoms with Crippen molar-refractivity contribution in [1.29, 1.82) is 0 Å². The molecule has 0 aromatic rings. The molecular weight excluding hydrogens is 731 g/mol. The Bertz CT molecular complexity index is 893. The SMILES string of the molecule is CCCCCC/C=C\CCCCCCCC(CC(=O)NC(CO)C(O)CCCCCCCCCCCCC)OC(=O)CCCCCCCCCCCCCCCCCC. The van der Waals surface area contributed by atoms with E-state index in [0.717, 1.165) is 57.8 Å². The lowest BCUT2D eigenvalue weighted by Gasteiger charge is -2.24. The summed E-state index contributed by atoms with van der Waals surface area (Å²) in [5, 5.41) is 23.7. The summed E-state index contributed by atoms with van der Waals surface area (Å²) in [6, 6.07) is -0.697. The molecule has 0 fully saturated rings. The van der Waals surface area contributed by atoms with Crippen LogP contribution < -0.4 is 5.32 Å².